The molecule has 0 aromatic heterocycles. The minimum absolute atomic E-state index is 0.645. The zero-order chi connectivity index (χ0) is 10.2. The quantitative estimate of drug-likeness (QED) is 0.569. The number of likely N-dealkylation sites (N-methyl/N-ethyl adjacent to an activating group) is 1. The summed E-state index contributed by atoms with van der Waals surface area (Å²) in [7, 11) is 3.95. The molecule has 1 rings (SSSR count). The largest absolute Gasteiger partial charge is 0.385 e. The summed E-state index contributed by atoms with van der Waals surface area (Å²) in [5, 5.41) is 6.87. The molecule has 4 heteroatoms. The van der Waals surface area contributed by atoms with Crippen molar-refractivity contribution in [2.24, 2.45) is 0 Å². The van der Waals surface area contributed by atoms with Gasteiger partial charge in [-0.25, -0.2) is 0 Å². The summed E-state index contributed by atoms with van der Waals surface area (Å²) in [6, 6.07) is 0.645. The van der Waals surface area contributed by atoms with Gasteiger partial charge in [0.2, 0.25) is 0 Å². The van der Waals surface area contributed by atoms with Gasteiger partial charge in [0.1, 0.15) is 0 Å². The van der Waals surface area contributed by atoms with E-state index in [4.69, 9.17) is 4.74 Å². The van der Waals surface area contributed by atoms with E-state index < -0.39 is 0 Å². The molecule has 1 unspecified atom stereocenters. The van der Waals surface area contributed by atoms with Gasteiger partial charge in [-0.3, -0.25) is 4.90 Å². The Bertz CT molecular complexity index is 143. The van der Waals surface area contributed by atoms with Crippen molar-refractivity contribution in [2.75, 3.05) is 53.5 Å². The molecule has 0 aromatic rings. The molecule has 1 saturated heterocycles. The number of methoxy groups -OCH3 is 1. The van der Waals surface area contributed by atoms with Crippen LogP contribution in [0.4, 0.5) is 0 Å². The molecule has 0 radical (unpaired) electrons. The van der Waals surface area contributed by atoms with Crippen molar-refractivity contribution in [2.45, 2.75) is 12.5 Å². The van der Waals surface area contributed by atoms with Crippen LogP contribution in [-0.2, 0) is 4.74 Å². The van der Waals surface area contributed by atoms with E-state index in [2.05, 4.69) is 22.6 Å². The van der Waals surface area contributed by atoms with E-state index in [1.54, 1.807) is 7.11 Å². The third-order valence-corrected chi connectivity index (χ3v) is 2.73. The zero-order valence-electron chi connectivity index (χ0n) is 9.38. The van der Waals surface area contributed by atoms with Crippen LogP contribution >= 0.6 is 0 Å². The lowest BCUT2D eigenvalue weighted by molar-refractivity contribution is 0.183. The Morgan fingerprint density at radius 2 is 2.43 bits per heavy atom. The number of hydrogen-bond donors (Lipinski definition) is 2. The Hall–Kier alpha value is -0.160. The van der Waals surface area contributed by atoms with Crippen LogP contribution in [0.3, 0.4) is 0 Å². The summed E-state index contributed by atoms with van der Waals surface area (Å²) in [5.74, 6) is 0. The average molecular weight is 201 g/mol. The molecule has 4 nitrogen and oxygen atoms in total. The van der Waals surface area contributed by atoms with Crippen molar-refractivity contribution in [1.29, 1.82) is 0 Å². The minimum Gasteiger partial charge on any atom is -0.385 e. The van der Waals surface area contributed by atoms with Gasteiger partial charge in [0, 0.05) is 45.9 Å². The first kappa shape index (κ1) is 11.9. The van der Waals surface area contributed by atoms with Crippen LogP contribution in [0.1, 0.15) is 6.42 Å². The highest BCUT2D eigenvalue weighted by Crippen LogP contribution is 1.97. The van der Waals surface area contributed by atoms with Crippen LogP contribution in [0.25, 0.3) is 0 Å². The topological polar surface area (TPSA) is 36.5 Å². The van der Waals surface area contributed by atoms with Gasteiger partial charge in [-0.1, -0.05) is 0 Å². The summed E-state index contributed by atoms with van der Waals surface area (Å²) in [4.78, 5) is 2.42. The lowest BCUT2D eigenvalue weighted by Gasteiger charge is -2.33. The fourth-order valence-corrected chi connectivity index (χ4v) is 1.70. The third-order valence-electron chi connectivity index (χ3n) is 2.73. The van der Waals surface area contributed by atoms with Crippen molar-refractivity contribution in [3.8, 4) is 0 Å². The number of ether oxygens (including phenoxy) is 1. The summed E-state index contributed by atoms with van der Waals surface area (Å²) in [6.45, 7) is 6.37. The summed E-state index contributed by atoms with van der Waals surface area (Å²) < 4.78 is 4.99. The molecule has 1 fully saturated rings. The maximum atomic E-state index is 4.99. The number of piperazine rings is 1. The van der Waals surface area contributed by atoms with E-state index in [1.807, 2.05) is 0 Å². The highest BCUT2D eigenvalue weighted by Gasteiger charge is 2.17. The first-order valence-electron chi connectivity index (χ1n) is 5.45. The van der Waals surface area contributed by atoms with E-state index in [0.29, 0.717) is 6.04 Å². The molecule has 84 valence electrons. The van der Waals surface area contributed by atoms with Crippen LogP contribution in [0.5, 0.6) is 0 Å². The highest BCUT2D eigenvalue weighted by molar-refractivity contribution is 4.78. The molecule has 0 aliphatic carbocycles. The molecule has 0 aromatic carbocycles. The Morgan fingerprint density at radius 3 is 3.14 bits per heavy atom. The van der Waals surface area contributed by atoms with Gasteiger partial charge < -0.3 is 15.4 Å². The Balaban J connectivity index is 1.99. The molecular formula is C10H23N3O. The van der Waals surface area contributed by atoms with Gasteiger partial charge in [-0.05, 0) is 20.0 Å². The minimum atomic E-state index is 0.645. The standard InChI is InChI=1S/C10H23N3O/c1-13-6-5-12-9-10(13)8-11-4-3-7-14-2/h10-12H,3-9H2,1-2H3. The second-order valence-electron chi connectivity index (χ2n) is 3.89. The molecule has 1 heterocycles. The maximum Gasteiger partial charge on any atom is 0.0474 e. The maximum absolute atomic E-state index is 4.99. The lowest BCUT2D eigenvalue weighted by atomic mass is 10.2. The fraction of sp³-hybridized carbons (Fsp3) is 1.00. The van der Waals surface area contributed by atoms with E-state index in [1.165, 1.54) is 0 Å². The average Bonchev–Trinajstić information content (AvgIpc) is 2.20. The summed E-state index contributed by atoms with van der Waals surface area (Å²) in [5.41, 5.74) is 0. The van der Waals surface area contributed by atoms with Gasteiger partial charge in [0.25, 0.3) is 0 Å². The third kappa shape index (κ3) is 4.37. The molecule has 1 aliphatic heterocycles. The molecule has 1 aliphatic rings. The van der Waals surface area contributed by atoms with Crippen molar-refractivity contribution in [1.82, 2.24) is 15.5 Å². The van der Waals surface area contributed by atoms with Gasteiger partial charge in [-0.15, -0.1) is 0 Å². The molecule has 0 saturated carbocycles. The van der Waals surface area contributed by atoms with Crippen molar-refractivity contribution in [3.63, 3.8) is 0 Å². The molecular weight excluding hydrogens is 178 g/mol. The molecule has 14 heavy (non-hydrogen) atoms. The molecule has 0 amide bonds. The Labute approximate surface area is 87.0 Å². The predicted octanol–water partition coefficient (Wildman–Crippen LogP) is -0.484. The summed E-state index contributed by atoms with van der Waals surface area (Å²) >= 11 is 0. The van der Waals surface area contributed by atoms with E-state index in [0.717, 1.165) is 45.8 Å². The number of nitrogens with one attached hydrogen (secondary N) is 2. The predicted molar refractivity (Wildman–Crippen MR) is 58.7 cm³/mol. The Morgan fingerprint density at radius 1 is 1.57 bits per heavy atom. The normalized spacial score (nSPS) is 24.0. The summed E-state index contributed by atoms with van der Waals surface area (Å²) in [6.07, 6.45) is 1.10. The molecule has 2 N–H and O–H groups in total. The van der Waals surface area contributed by atoms with Crippen molar-refractivity contribution in [3.05, 3.63) is 0 Å². The SMILES string of the molecule is COCCCNCC1CNCCN1C. The van der Waals surface area contributed by atoms with Gasteiger partial charge in [0.05, 0.1) is 0 Å². The molecule has 0 bridgehead atoms. The number of hydrogen-bond acceptors (Lipinski definition) is 4. The fourth-order valence-electron chi connectivity index (χ4n) is 1.70. The lowest BCUT2D eigenvalue weighted by Crippen LogP contribution is -2.53. The first-order chi connectivity index (χ1) is 6.84. The van der Waals surface area contributed by atoms with Crippen molar-refractivity contribution >= 4 is 0 Å². The van der Waals surface area contributed by atoms with Crippen LogP contribution in [0.15, 0.2) is 0 Å². The monoisotopic (exact) mass is 201 g/mol. The van der Waals surface area contributed by atoms with Crippen LogP contribution < -0.4 is 10.6 Å². The van der Waals surface area contributed by atoms with Crippen LogP contribution in [0, 0.1) is 0 Å². The second-order valence-corrected chi connectivity index (χ2v) is 3.89. The zero-order valence-corrected chi connectivity index (χ0v) is 9.38. The number of rotatable bonds is 6. The van der Waals surface area contributed by atoms with Crippen LogP contribution in [0.2, 0.25) is 0 Å². The second kappa shape index (κ2) is 7.17. The number of nitrogens with zero attached hydrogens (tertiary/aromatic N) is 1. The highest BCUT2D eigenvalue weighted by atomic mass is 16.5. The smallest absolute Gasteiger partial charge is 0.0474 e. The van der Waals surface area contributed by atoms with E-state index in [9.17, 15) is 0 Å². The van der Waals surface area contributed by atoms with Gasteiger partial charge in [0.15, 0.2) is 0 Å². The van der Waals surface area contributed by atoms with Crippen LogP contribution in [-0.4, -0.2) is 64.4 Å². The van der Waals surface area contributed by atoms with Gasteiger partial charge >= 0.3 is 0 Å². The van der Waals surface area contributed by atoms with E-state index in [-0.39, 0.29) is 0 Å². The van der Waals surface area contributed by atoms with Gasteiger partial charge in [-0.2, -0.15) is 0 Å². The van der Waals surface area contributed by atoms with E-state index >= 15 is 0 Å². The molecule has 0 spiro atoms. The van der Waals surface area contributed by atoms with Crippen molar-refractivity contribution < 1.29 is 4.74 Å². The first-order valence-corrected chi connectivity index (χ1v) is 5.45. The Kier molecular flexibility index (Phi) is 6.10. The molecule has 1 atom stereocenters.